The third-order valence-electron chi connectivity index (χ3n) is 3.57. The summed E-state index contributed by atoms with van der Waals surface area (Å²) in [4.78, 5) is 22.4. The molecule has 1 aromatic rings. The lowest BCUT2D eigenvalue weighted by atomic mass is 10.1. The molecular formula is C17H24N2O4. The highest BCUT2D eigenvalue weighted by Gasteiger charge is 2.14. The molecule has 1 atom stereocenters. The van der Waals surface area contributed by atoms with E-state index in [2.05, 4.69) is 10.6 Å². The average molecular weight is 320 g/mol. The third kappa shape index (κ3) is 6.69. The van der Waals surface area contributed by atoms with Crippen molar-refractivity contribution in [1.29, 1.82) is 0 Å². The molecular weight excluding hydrogens is 296 g/mol. The smallest absolute Gasteiger partial charge is 0.226 e. The quantitative estimate of drug-likeness (QED) is 0.806. The van der Waals surface area contributed by atoms with E-state index in [1.54, 1.807) is 12.1 Å². The van der Waals surface area contributed by atoms with Gasteiger partial charge in [0.15, 0.2) is 0 Å². The van der Waals surface area contributed by atoms with E-state index in [0.717, 1.165) is 25.2 Å². The normalized spacial score (nSPS) is 17.3. The molecule has 1 heterocycles. The van der Waals surface area contributed by atoms with Gasteiger partial charge in [0.2, 0.25) is 11.8 Å². The Kier molecular flexibility index (Phi) is 6.87. The molecule has 1 aliphatic heterocycles. The highest BCUT2D eigenvalue weighted by Crippen LogP contribution is 2.18. The maximum Gasteiger partial charge on any atom is 0.226 e. The van der Waals surface area contributed by atoms with Gasteiger partial charge in [-0.1, -0.05) is 0 Å². The van der Waals surface area contributed by atoms with Crippen LogP contribution in [0.5, 0.6) is 5.75 Å². The Morgan fingerprint density at radius 3 is 2.70 bits per heavy atom. The lowest BCUT2D eigenvalue weighted by Gasteiger charge is -2.22. The lowest BCUT2D eigenvalue weighted by Crippen LogP contribution is -2.25. The van der Waals surface area contributed by atoms with Crippen LogP contribution in [0.3, 0.4) is 0 Å². The fraction of sp³-hybridized carbons (Fsp3) is 0.529. The lowest BCUT2D eigenvalue weighted by molar-refractivity contribution is -0.119. The molecule has 0 radical (unpaired) electrons. The second-order valence-corrected chi connectivity index (χ2v) is 5.61. The molecule has 2 amide bonds. The molecule has 6 nitrogen and oxygen atoms in total. The topological polar surface area (TPSA) is 76.7 Å². The van der Waals surface area contributed by atoms with Crippen LogP contribution < -0.4 is 15.4 Å². The molecule has 0 aliphatic carbocycles. The summed E-state index contributed by atoms with van der Waals surface area (Å²) in [5, 5.41) is 5.37. The Hall–Kier alpha value is -2.08. The first-order valence-electron chi connectivity index (χ1n) is 8.02. The van der Waals surface area contributed by atoms with E-state index in [9.17, 15) is 9.59 Å². The number of amides is 2. The van der Waals surface area contributed by atoms with Gasteiger partial charge in [-0.2, -0.15) is 0 Å². The molecule has 1 aliphatic rings. The fourth-order valence-electron chi connectivity index (χ4n) is 2.34. The summed E-state index contributed by atoms with van der Waals surface area (Å²) in [6.45, 7) is 3.14. The van der Waals surface area contributed by atoms with Crippen LogP contribution in [0.25, 0.3) is 0 Å². The van der Waals surface area contributed by atoms with Crippen molar-refractivity contribution in [2.75, 3.05) is 25.1 Å². The number of nitrogens with one attached hydrogen (secondary N) is 2. The van der Waals surface area contributed by atoms with Crippen LogP contribution in [-0.4, -0.2) is 37.7 Å². The zero-order valence-corrected chi connectivity index (χ0v) is 13.5. The van der Waals surface area contributed by atoms with E-state index in [1.807, 2.05) is 12.1 Å². The molecule has 6 heteroatoms. The first-order valence-corrected chi connectivity index (χ1v) is 8.02. The van der Waals surface area contributed by atoms with Crippen molar-refractivity contribution >= 4 is 17.5 Å². The molecule has 1 saturated heterocycles. The summed E-state index contributed by atoms with van der Waals surface area (Å²) in [5.74, 6) is 0.486. The Morgan fingerprint density at radius 2 is 2.04 bits per heavy atom. The highest BCUT2D eigenvalue weighted by atomic mass is 16.5. The minimum Gasteiger partial charge on any atom is -0.491 e. The predicted octanol–water partition coefficient (Wildman–Crippen LogP) is 2.10. The summed E-state index contributed by atoms with van der Waals surface area (Å²) in [6.07, 6.45) is 3.79. The third-order valence-corrected chi connectivity index (χ3v) is 3.57. The van der Waals surface area contributed by atoms with Gasteiger partial charge in [-0.15, -0.1) is 0 Å². The van der Waals surface area contributed by atoms with Crippen LogP contribution in [0.4, 0.5) is 5.69 Å². The second-order valence-electron chi connectivity index (χ2n) is 5.61. The molecule has 1 fully saturated rings. The molecule has 0 saturated carbocycles. The first kappa shape index (κ1) is 17.3. The van der Waals surface area contributed by atoms with Crippen molar-refractivity contribution < 1.29 is 19.1 Å². The van der Waals surface area contributed by atoms with Crippen molar-refractivity contribution in [1.82, 2.24) is 5.32 Å². The minimum atomic E-state index is -0.138. The zero-order chi connectivity index (χ0) is 16.5. The van der Waals surface area contributed by atoms with Crippen molar-refractivity contribution in [2.24, 2.45) is 0 Å². The summed E-state index contributed by atoms with van der Waals surface area (Å²) >= 11 is 0. The predicted molar refractivity (Wildman–Crippen MR) is 87.5 cm³/mol. The van der Waals surface area contributed by atoms with Crippen LogP contribution in [0.2, 0.25) is 0 Å². The zero-order valence-electron chi connectivity index (χ0n) is 13.5. The molecule has 0 bridgehead atoms. The van der Waals surface area contributed by atoms with Crippen LogP contribution >= 0.6 is 0 Å². The molecule has 0 aromatic heterocycles. The largest absolute Gasteiger partial charge is 0.491 e. The van der Waals surface area contributed by atoms with E-state index >= 15 is 0 Å². The molecule has 126 valence electrons. The molecule has 1 aromatic carbocycles. The SMILES string of the molecule is CC(=O)NCCC(=O)Nc1ccc(OC[C@H]2CCCCO2)cc1. The van der Waals surface area contributed by atoms with Gasteiger partial charge >= 0.3 is 0 Å². The van der Waals surface area contributed by atoms with Crippen LogP contribution in [0.1, 0.15) is 32.6 Å². The number of anilines is 1. The average Bonchev–Trinajstić information content (AvgIpc) is 2.55. The molecule has 2 N–H and O–H groups in total. The number of hydrogen-bond donors (Lipinski definition) is 2. The van der Waals surface area contributed by atoms with Gasteiger partial charge in [-0.3, -0.25) is 9.59 Å². The summed E-state index contributed by atoms with van der Waals surface area (Å²) in [6, 6.07) is 7.25. The number of benzene rings is 1. The number of carbonyl (C=O) groups is 2. The number of ether oxygens (including phenoxy) is 2. The fourth-order valence-corrected chi connectivity index (χ4v) is 2.34. The van der Waals surface area contributed by atoms with Gasteiger partial charge in [0.05, 0.1) is 6.10 Å². The van der Waals surface area contributed by atoms with Gasteiger partial charge in [0.1, 0.15) is 12.4 Å². The minimum absolute atomic E-state index is 0.136. The number of rotatable bonds is 7. The van der Waals surface area contributed by atoms with E-state index in [0.29, 0.717) is 18.8 Å². The monoisotopic (exact) mass is 320 g/mol. The maximum absolute atomic E-state index is 11.7. The maximum atomic E-state index is 11.7. The van der Waals surface area contributed by atoms with Gasteiger partial charge in [0, 0.05) is 32.2 Å². The Labute approximate surface area is 136 Å². The Balaban J connectivity index is 1.71. The molecule has 0 spiro atoms. The van der Waals surface area contributed by atoms with E-state index in [-0.39, 0.29) is 24.3 Å². The second kappa shape index (κ2) is 9.15. The highest BCUT2D eigenvalue weighted by molar-refractivity contribution is 5.91. The van der Waals surface area contributed by atoms with E-state index in [4.69, 9.17) is 9.47 Å². The van der Waals surface area contributed by atoms with Gasteiger partial charge < -0.3 is 20.1 Å². The van der Waals surface area contributed by atoms with Gasteiger partial charge in [0.25, 0.3) is 0 Å². The first-order chi connectivity index (χ1) is 11.1. The summed E-state index contributed by atoms with van der Waals surface area (Å²) in [7, 11) is 0. The van der Waals surface area contributed by atoms with Crippen molar-refractivity contribution in [3.63, 3.8) is 0 Å². The van der Waals surface area contributed by atoms with Crippen LogP contribution in [0, 0.1) is 0 Å². The number of hydrogen-bond acceptors (Lipinski definition) is 4. The molecule has 0 unspecified atom stereocenters. The summed E-state index contributed by atoms with van der Waals surface area (Å²) < 4.78 is 11.3. The standard InChI is InChI=1S/C17H24N2O4/c1-13(20)18-10-9-17(21)19-14-5-7-15(8-6-14)23-12-16-4-2-3-11-22-16/h5-8,16H,2-4,9-12H2,1H3,(H,18,20)(H,19,21)/t16-/m1/s1. The van der Waals surface area contributed by atoms with E-state index in [1.165, 1.54) is 13.3 Å². The Bertz CT molecular complexity index is 510. The van der Waals surface area contributed by atoms with Gasteiger partial charge in [-0.25, -0.2) is 0 Å². The van der Waals surface area contributed by atoms with Crippen LogP contribution in [0.15, 0.2) is 24.3 Å². The van der Waals surface area contributed by atoms with E-state index < -0.39 is 0 Å². The van der Waals surface area contributed by atoms with Gasteiger partial charge in [-0.05, 0) is 43.5 Å². The van der Waals surface area contributed by atoms with Crippen LogP contribution in [-0.2, 0) is 14.3 Å². The molecule has 23 heavy (non-hydrogen) atoms. The van der Waals surface area contributed by atoms with Crippen molar-refractivity contribution in [3.8, 4) is 5.75 Å². The number of carbonyl (C=O) groups excluding carboxylic acids is 2. The molecule has 2 rings (SSSR count). The Morgan fingerprint density at radius 1 is 1.26 bits per heavy atom. The summed E-state index contributed by atoms with van der Waals surface area (Å²) in [5.41, 5.74) is 0.707. The van der Waals surface area contributed by atoms with Crippen molar-refractivity contribution in [3.05, 3.63) is 24.3 Å². The van der Waals surface area contributed by atoms with Crippen molar-refractivity contribution in [2.45, 2.75) is 38.7 Å².